The van der Waals surface area contributed by atoms with E-state index in [0.717, 1.165) is 5.92 Å². The van der Waals surface area contributed by atoms with Crippen LogP contribution in [0, 0.1) is 17.8 Å². The topological polar surface area (TPSA) is 24.4 Å². The van der Waals surface area contributed by atoms with E-state index in [2.05, 4.69) is 37.5 Å². The van der Waals surface area contributed by atoms with E-state index in [-0.39, 0.29) is 0 Å². The summed E-state index contributed by atoms with van der Waals surface area (Å²) in [6.07, 6.45) is 10.2. The molecule has 1 aliphatic heterocycles. The van der Waals surface area contributed by atoms with Gasteiger partial charge in [-0.25, -0.2) is 0 Å². The van der Waals surface area contributed by atoms with Gasteiger partial charge >= 0.3 is 0 Å². The molecule has 17 heavy (non-hydrogen) atoms. The molecule has 2 atom stereocenters. The van der Waals surface area contributed by atoms with Crippen molar-refractivity contribution in [3.8, 4) is 0 Å². The van der Waals surface area contributed by atoms with E-state index >= 15 is 0 Å². The quantitative estimate of drug-likeness (QED) is 0.764. The predicted molar refractivity (Wildman–Crippen MR) is 73.8 cm³/mol. The summed E-state index contributed by atoms with van der Waals surface area (Å²) in [5.74, 6) is 2.14. The van der Waals surface area contributed by atoms with Gasteiger partial charge < -0.3 is 0 Å². The molecule has 0 bridgehead atoms. The Morgan fingerprint density at radius 1 is 1.35 bits per heavy atom. The van der Waals surface area contributed by atoms with Crippen molar-refractivity contribution in [2.45, 2.75) is 59.3 Å². The third-order valence-electron chi connectivity index (χ3n) is 4.36. The maximum Gasteiger partial charge on any atom is 0.0479 e. The van der Waals surface area contributed by atoms with Gasteiger partial charge in [-0.05, 0) is 36.7 Å². The first-order valence-electron chi connectivity index (χ1n) is 7.24. The molecule has 0 spiro atoms. The number of rotatable bonds is 2. The number of hydrogen-bond donors (Lipinski definition) is 1. The lowest BCUT2D eigenvalue weighted by molar-refractivity contribution is 0.380. The van der Waals surface area contributed by atoms with Crippen LogP contribution in [0.25, 0.3) is 0 Å². The van der Waals surface area contributed by atoms with Crippen molar-refractivity contribution in [2.75, 3.05) is 0 Å². The van der Waals surface area contributed by atoms with Crippen molar-refractivity contribution >= 4 is 5.71 Å². The van der Waals surface area contributed by atoms with Crippen molar-refractivity contribution in [3.05, 3.63) is 11.8 Å². The smallest absolute Gasteiger partial charge is 0.0479 e. The molecular formula is C15H26N2. The fourth-order valence-corrected chi connectivity index (χ4v) is 3.20. The summed E-state index contributed by atoms with van der Waals surface area (Å²) in [6.45, 7) is 6.85. The highest BCUT2D eigenvalue weighted by molar-refractivity contribution is 5.91. The Bertz CT molecular complexity index is 315. The lowest BCUT2D eigenvalue weighted by Gasteiger charge is -2.31. The monoisotopic (exact) mass is 234 g/mol. The lowest BCUT2D eigenvalue weighted by Crippen LogP contribution is -2.30. The van der Waals surface area contributed by atoms with Gasteiger partial charge in [0.05, 0.1) is 0 Å². The second-order valence-electron chi connectivity index (χ2n) is 5.84. The second kappa shape index (κ2) is 5.70. The summed E-state index contributed by atoms with van der Waals surface area (Å²) in [7, 11) is 0. The van der Waals surface area contributed by atoms with Crippen LogP contribution < -0.4 is 5.43 Å². The minimum Gasteiger partial charge on any atom is -0.286 e. The SMILES string of the molecule is CCC1CCCC2C(=CNN=C2C(C)C)CC1. The molecule has 1 fully saturated rings. The molecule has 96 valence electrons. The summed E-state index contributed by atoms with van der Waals surface area (Å²) in [6, 6.07) is 0. The second-order valence-corrected chi connectivity index (χ2v) is 5.84. The van der Waals surface area contributed by atoms with Crippen molar-refractivity contribution in [1.82, 2.24) is 5.43 Å². The minimum atomic E-state index is 0.567. The van der Waals surface area contributed by atoms with Crippen LogP contribution in [0.2, 0.25) is 0 Å². The maximum absolute atomic E-state index is 4.52. The molecule has 0 radical (unpaired) electrons. The Hall–Kier alpha value is -0.790. The average Bonchev–Trinajstić information content (AvgIpc) is 2.29. The van der Waals surface area contributed by atoms with Gasteiger partial charge in [-0.15, -0.1) is 0 Å². The highest BCUT2D eigenvalue weighted by Crippen LogP contribution is 2.34. The van der Waals surface area contributed by atoms with Crippen LogP contribution in [0.1, 0.15) is 59.3 Å². The summed E-state index contributed by atoms with van der Waals surface area (Å²) >= 11 is 0. The summed E-state index contributed by atoms with van der Waals surface area (Å²) in [5.41, 5.74) is 6.09. The maximum atomic E-state index is 4.52. The summed E-state index contributed by atoms with van der Waals surface area (Å²) in [5, 5.41) is 4.52. The molecule has 1 N–H and O–H groups in total. The first-order chi connectivity index (χ1) is 8.22. The number of allylic oxidation sites excluding steroid dienone is 1. The van der Waals surface area contributed by atoms with Crippen molar-refractivity contribution in [3.63, 3.8) is 0 Å². The highest BCUT2D eigenvalue weighted by atomic mass is 15.3. The lowest BCUT2D eigenvalue weighted by atomic mass is 9.77. The zero-order valence-corrected chi connectivity index (χ0v) is 11.5. The Balaban J connectivity index is 2.08. The number of nitrogens with zero attached hydrogens (tertiary/aromatic N) is 1. The molecule has 2 heteroatoms. The van der Waals surface area contributed by atoms with E-state index in [0.29, 0.717) is 11.8 Å². The molecule has 0 aromatic carbocycles. The molecule has 2 rings (SSSR count). The van der Waals surface area contributed by atoms with Crippen LogP contribution in [0.15, 0.2) is 16.9 Å². The highest BCUT2D eigenvalue weighted by Gasteiger charge is 2.27. The largest absolute Gasteiger partial charge is 0.286 e. The van der Waals surface area contributed by atoms with Gasteiger partial charge in [0.2, 0.25) is 0 Å². The molecular weight excluding hydrogens is 208 g/mol. The van der Waals surface area contributed by atoms with Gasteiger partial charge in [0, 0.05) is 17.8 Å². The van der Waals surface area contributed by atoms with Crippen LogP contribution in [-0.4, -0.2) is 5.71 Å². The molecule has 1 heterocycles. The first-order valence-corrected chi connectivity index (χ1v) is 7.24. The molecule has 1 saturated carbocycles. The summed E-state index contributed by atoms with van der Waals surface area (Å²) in [4.78, 5) is 0. The van der Waals surface area contributed by atoms with E-state index in [1.165, 1.54) is 44.2 Å². The fourth-order valence-electron chi connectivity index (χ4n) is 3.20. The van der Waals surface area contributed by atoms with Crippen molar-refractivity contribution in [1.29, 1.82) is 0 Å². The molecule has 2 unspecified atom stereocenters. The van der Waals surface area contributed by atoms with Crippen LogP contribution in [0.3, 0.4) is 0 Å². The van der Waals surface area contributed by atoms with Crippen molar-refractivity contribution in [2.24, 2.45) is 22.9 Å². The van der Waals surface area contributed by atoms with Crippen molar-refractivity contribution < 1.29 is 0 Å². The molecule has 0 saturated heterocycles. The number of hydrazone groups is 1. The van der Waals surface area contributed by atoms with Gasteiger partial charge in [0.15, 0.2) is 0 Å². The molecule has 1 aliphatic carbocycles. The van der Waals surface area contributed by atoms with Crippen LogP contribution in [0.4, 0.5) is 0 Å². The first kappa shape index (κ1) is 12.7. The Labute approximate surface area is 106 Å². The Morgan fingerprint density at radius 3 is 2.88 bits per heavy atom. The van der Waals surface area contributed by atoms with Gasteiger partial charge in [-0.1, -0.05) is 40.0 Å². The Kier molecular flexibility index (Phi) is 4.25. The van der Waals surface area contributed by atoms with E-state index < -0.39 is 0 Å². The zero-order chi connectivity index (χ0) is 12.3. The third kappa shape index (κ3) is 2.91. The van der Waals surface area contributed by atoms with Crippen LogP contribution in [-0.2, 0) is 0 Å². The van der Waals surface area contributed by atoms with Gasteiger partial charge in [-0.3, -0.25) is 5.43 Å². The zero-order valence-electron chi connectivity index (χ0n) is 11.5. The van der Waals surface area contributed by atoms with Crippen LogP contribution in [0.5, 0.6) is 0 Å². The molecule has 0 aromatic heterocycles. The molecule has 2 nitrogen and oxygen atoms in total. The summed E-state index contributed by atoms with van der Waals surface area (Å²) < 4.78 is 0. The van der Waals surface area contributed by atoms with Gasteiger partial charge in [0.25, 0.3) is 0 Å². The number of hydrogen-bond acceptors (Lipinski definition) is 2. The minimum absolute atomic E-state index is 0.567. The van der Waals surface area contributed by atoms with E-state index in [1.807, 2.05) is 0 Å². The predicted octanol–water partition coefficient (Wildman–Crippen LogP) is 4.09. The molecule has 0 amide bonds. The molecule has 2 aliphatic rings. The molecule has 0 aromatic rings. The van der Waals surface area contributed by atoms with E-state index in [4.69, 9.17) is 0 Å². The van der Waals surface area contributed by atoms with E-state index in [1.54, 1.807) is 5.57 Å². The fraction of sp³-hybridized carbons (Fsp3) is 0.800. The van der Waals surface area contributed by atoms with E-state index in [9.17, 15) is 0 Å². The normalized spacial score (nSPS) is 29.6. The van der Waals surface area contributed by atoms with Gasteiger partial charge in [-0.2, -0.15) is 5.10 Å². The van der Waals surface area contributed by atoms with Gasteiger partial charge in [0.1, 0.15) is 0 Å². The average molecular weight is 234 g/mol. The Morgan fingerprint density at radius 2 is 2.18 bits per heavy atom. The number of nitrogens with one attached hydrogen (secondary N) is 1. The number of fused-ring (bicyclic) bond motifs is 1. The standard InChI is InChI=1S/C15H26N2/c1-4-12-6-5-7-14-13(9-8-12)10-16-17-15(14)11(2)3/h10-12,14,16H,4-9H2,1-3H3. The van der Waals surface area contributed by atoms with Crippen LogP contribution >= 0.6 is 0 Å². The third-order valence-corrected chi connectivity index (χ3v) is 4.36.